The van der Waals surface area contributed by atoms with Crippen molar-refractivity contribution in [2.45, 2.75) is 9.79 Å². The van der Waals surface area contributed by atoms with Crippen molar-refractivity contribution in [3.8, 4) is 6.07 Å². The Kier molecular flexibility index (Phi) is 3.58. The summed E-state index contributed by atoms with van der Waals surface area (Å²) in [4.78, 5) is 1.88. The first-order valence-electron chi connectivity index (χ1n) is 4.92. The maximum Gasteiger partial charge on any atom is 0.102 e. The number of hydrogen-bond donors (Lipinski definition) is 1. The molecule has 0 aliphatic rings. The standard InChI is InChI=1S/C13H9ClN2S/c14-12-2-1-3-13(11(12)8-15)17-10-6-4-9(16)5-7-10/h1-7H,16H2. The van der Waals surface area contributed by atoms with Crippen molar-refractivity contribution in [2.24, 2.45) is 0 Å². The van der Waals surface area contributed by atoms with Gasteiger partial charge >= 0.3 is 0 Å². The van der Waals surface area contributed by atoms with Crippen molar-refractivity contribution in [1.29, 1.82) is 5.26 Å². The third kappa shape index (κ3) is 2.73. The fourth-order valence-electron chi connectivity index (χ4n) is 1.36. The van der Waals surface area contributed by atoms with E-state index in [4.69, 9.17) is 22.6 Å². The molecule has 0 aliphatic heterocycles. The number of rotatable bonds is 2. The van der Waals surface area contributed by atoms with E-state index in [2.05, 4.69) is 6.07 Å². The molecule has 2 N–H and O–H groups in total. The van der Waals surface area contributed by atoms with E-state index < -0.39 is 0 Å². The van der Waals surface area contributed by atoms with Crippen molar-refractivity contribution >= 4 is 29.1 Å². The topological polar surface area (TPSA) is 49.8 Å². The van der Waals surface area contributed by atoms with Gasteiger partial charge in [0.05, 0.1) is 10.6 Å². The lowest BCUT2D eigenvalue weighted by Crippen LogP contribution is -1.85. The summed E-state index contributed by atoms with van der Waals surface area (Å²) in [5.41, 5.74) is 6.85. The Morgan fingerprint density at radius 3 is 2.47 bits per heavy atom. The normalized spacial score (nSPS) is 9.88. The quantitative estimate of drug-likeness (QED) is 0.832. The molecule has 0 spiro atoms. The van der Waals surface area contributed by atoms with Crippen LogP contribution in [-0.2, 0) is 0 Å². The lowest BCUT2D eigenvalue weighted by Gasteiger charge is -2.05. The second-order valence-corrected chi connectivity index (χ2v) is 4.92. The number of halogens is 1. The highest BCUT2D eigenvalue weighted by Gasteiger charge is 2.07. The van der Waals surface area contributed by atoms with Crippen LogP contribution < -0.4 is 5.73 Å². The van der Waals surface area contributed by atoms with Gasteiger partial charge in [0.2, 0.25) is 0 Å². The largest absolute Gasteiger partial charge is 0.399 e. The minimum atomic E-state index is 0.480. The average molecular weight is 261 g/mol. The van der Waals surface area contributed by atoms with Gasteiger partial charge in [0.25, 0.3) is 0 Å². The van der Waals surface area contributed by atoms with E-state index >= 15 is 0 Å². The van der Waals surface area contributed by atoms with Gasteiger partial charge in [-0.2, -0.15) is 5.26 Å². The molecule has 2 aromatic carbocycles. The van der Waals surface area contributed by atoms with Crippen LogP contribution >= 0.6 is 23.4 Å². The van der Waals surface area contributed by atoms with Crippen LogP contribution in [0, 0.1) is 11.3 Å². The molecular weight excluding hydrogens is 252 g/mol. The molecule has 0 aromatic heterocycles. The van der Waals surface area contributed by atoms with Crippen LogP contribution in [-0.4, -0.2) is 0 Å². The number of nitrogens with zero attached hydrogens (tertiary/aromatic N) is 1. The van der Waals surface area contributed by atoms with E-state index in [-0.39, 0.29) is 0 Å². The Labute approximate surface area is 109 Å². The monoisotopic (exact) mass is 260 g/mol. The molecule has 0 amide bonds. The Hall–Kier alpha value is -1.63. The molecule has 0 radical (unpaired) electrons. The molecule has 0 unspecified atom stereocenters. The van der Waals surface area contributed by atoms with Gasteiger partial charge in [-0.15, -0.1) is 0 Å². The molecule has 0 aliphatic carbocycles. The molecular formula is C13H9ClN2S. The lowest BCUT2D eigenvalue weighted by molar-refractivity contribution is 1.35. The lowest BCUT2D eigenvalue weighted by atomic mass is 10.2. The molecule has 0 saturated carbocycles. The molecule has 2 nitrogen and oxygen atoms in total. The summed E-state index contributed by atoms with van der Waals surface area (Å²) in [5, 5.41) is 9.53. The van der Waals surface area contributed by atoms with Gasteiger partial charge < -0.3 is 5.73 Å². The van der Waals surface area contributed by atoms with Gasteiger partial charge in [-0.3, -0.25) is 0 Å². The van der Waals surface area contributed by atoms with Crippen molar-refractivity contribution < 1.29 is 0 Å². The van der Waals surface area contributed by atoms with Crippen molar-refractivity contribution in [3.05, 3.63) is 53.1 Å². The number of hydrogen-bond acceptors (Lipinski definition) is 3. The minimum absolute atomic E-state index is 0.480. The maximum atomic E-state index is 9.05. The van der Waals surface area contributed by atoms with E-state index in [9.17, 15) is 0 Å². The number of nitrogens with two attached hydrogens (primary N) is 1. The smallest absolute Gasteiger partial charge is 0.102 e. The van der Waals surface area contributed by atoms with Crippen LogP contribution in [0.5, 0.6) is 0 Å². The second kappa shape index (κ2) is 5.13. The van der Waals surface area contributed by atoms with E-state index in [1.807, 2.05) is 36.4 Å². The predicted octanol–water partition coefficient (Wildman–Crippen LogP) is 3.95. The summed E-state index contributed by atoms with van der Waals surface area (Å²) >= 11 is 7.46. The van der Waals surface area contributed by atoms with Crippen molar-refractivity contribution in [3.63, 3.8) is 0 Å². The summed E-state index contributed by atoms with van der Waals surface area (Å²) in [7, 11) is 0. The number of nitrogen functional groups attached to an aromatic ring is 1. The predicted molar refractivity (Wildman–Crippen MR) is 71.1 cm³/mol. The van der Waals surface area contributed by atoms with Crippen molar-refractivity contribution in [2.75, 3.05) is 5.73 Å². The Morgan fingerprint density at radius 1 is 1.12 bits per heavy atom. The van der Waals surface area contributed by atoms with E-state index in [0.29, 0.717) is 10.6 Å². The van der Waals surface area contributed by atoms with Gasteiger partial charge in [-0.1, -0.05) is 29.4 Å². The molecule has 0 atom stereocenters. The summed E-state index contributed by atoms with van der Waals surface area (Å²) in [5.74, 6) is 0. The molecule has 4 heteroatoms. The SMILES string of the molecule is N#Cc1c(Cl)cccc1Sc1ccc(N)cc1. The average Bonchev–Trinajstić information content (AvgIpc) is 2.32. The van der Waals surface area contributed by atoms with Crippen LogP contribution in [0.1, 0.15) is 5.56 Å². The second-order valence-electron chi connectivity index (χ2n) is 3.40. The van der Waals surface area contributed by atoms with Crippen LogP contribution in [0.3, 0.4) is 0 Å². The summed E-state index contributed by atoms with van der Waals surface area (Å²) in [6.07, 6.45) is 0. The zero-order chi connectivity index (χ0) is 12.3. The van der Waals surface area contributed by atoms with Crippen molar-refractivity contribution in [1.82, 2.24) is 0 Å². The molecule has 0 fully saturated rings. The molecule has 0 bridgehead atoms. The first kappa shape index (κ1) is 11.8. The third-order valence-corrected chi connectivity index (χ3v) is 3.58. The van der Waals surface area contributed by atoms with Gasteiger partial charge in [-0.25, -0.2) is 0 Å². The highest BCUT2D eigenvalue weighted by molar-refractivity contribution is 7.99. The first-order valence-corrected chi connectivity index (χ1v) is 6.12. The summed E-state index contributed by atoms with van der Waals surface area (Å²) in [6, 6.07) is 15.1. The maximum absolute atomic E-state index is 9.05. The summed E-state index contributed by atoms with van der Waals surface area (Å²) < 4.78 is 0. The van der Waals surface area contributed by atoms with Crippen LogP contribution in [0.15, 0.2) is 52.3 Å². The fraction of sp³-hybridized carbons (Fsp3) is 0. The molecule has 17 heavy (non-hydrogen) atoms. The van der Waals surface area contributed by atoms with Crippen LogP contribution in [0.2, 0.25) is 5.02 Å². The minimum Gasteiger partial charge on any atom is -0.399 e. The van der Waals surface area contributed by atoms with Gasteiger partial charge in [0.1, 0.15) is 6.07 Å². The number of nitriles is 1. The summed E-state index contributed by atoms with van der Waals surface area (Å²) in [6.45, 7) is 0. The fourth-order valence-corrected chi connectivity index (χ4v) is 2.56. The number of anilines is 1. The van der Waals surface area contributed by atoms with Crippen LogP contribution in [0.25, 0.3) is 0 Å². The Morgan fingerprint density at radius 2 is 1.82 bits per heavy atom. The molecule has 2 rings (SSSR count). The van der Waals surface area contributed by atoms with Gasteiger partial charge in [0.15, 0.2) is 0 Å². The molecule has 0 heterocycles. The zero-order valence-corrected chi connectivity index (χ0v) is 10.4. The zero-order valence-electron chi connectivity index (χ0n) is 8.85. The molecule has 84 valence electrons. The number of benzene rings is 2. The first-order chi connectivity index (χ1) is 8.20. The Balaban J connectivity index is 2.34. The third-order valence-electron chi connectivity index (χ3n) is 2.20. The Bertz CT molecular complexity index is 573. The van der Waals surface area contributed by atoms with E-state index in [1.165, 1.54) is 11.8 Å². The van der Waals surface area contributed by atoms with Gasteiger partial charge in [0, 0.05) is 15.5 Å². The highest BCUT2D eigenvalue weighted by Crippen LogP contribution is 2.33. The van der Waals surface area contributed by atoms with E-state index in [1.54, 1.807) is 6.07 Å². The van der Waals surface area contributed by atoms with Gasteiger partial charge in [-0.05, 0) is 36.4 Å². The molecule has 2 aromatic rings. The van der Waals surface area contributed by atoms with E-state index in [0.717, 1.165) is 15.5 Å². The van der Waals surface area contributed by atoms with Crippen LogP contribution in [0.4, 0.5) is 5.69 Å². The highest BCUT2D eigenvalue weighted by atomic mass is 35.5. The molecule has 0 saturated heterocycles.